The van der Waals surface area contributed by atoms with E-state index in [2.05, 4.69) is 0 Å². The van der Waals surface area contributed by atoms with Gasteiger partial charge < -0.3 is 14.2 Å². The molecule has 0 bridgehead atoms. The number of hydrogen-bond acceptors (Lipinski definition) is 7. The molecule has 0 radical (unpaired) electrons. The quantitative estimate of drug-likeness (QED) is 0.340. The lowest BCUT2D eigenvalue weighted by molar-refractivity contribution is -0.136. The molecule has 1 heterocycles. The molecule has 0 saturated carbocycles. The Hall–Kier alpha value is -3.33. The van der Waals surface area contributed by atoms with Gasteiger partial charge in [-0.2, -0.15) is 0 Å². The molecule has 0 amide bonds. The molecule has 0 atom stereocenters. The van der Waals surface area contributed by atoms with Crippen LogP contribution in [0.15, 0.2) is 42.5 Å². The van der Waals surface area contributed by atoms with Crippen molar-refractivity contribution in [2.75, 3.05) is 37.9 Å². The van der Waals surface area contributed by atoms with Crippen LogP contribution < -0.4 is 13.8 Å². The number of carbonyl (C=O) groups is 2. The Labute approximate surface area is 187 Å². The molecule has 0 saturated heterocycles. The molecule has 0 spiro atoms. The lowest BCUT2D eigenvalue weighted by atomic mass is 9.99. The van der Waals surface area contributed by atoms with Gasteiger partial charge in [0.15, 0.2) is 12.4 Å². The predicted molar refractivity (Wildman–Crippen MR) is 121 cm³/mol. The van der Waals surface area contributed by atoms with Crippen molar-refractivity contribution in [1.29, 1.82) is 0 Å². The summed E-state index contributed by atoms with van der Waals surface area (Å²) in [6.45, 7) is -0.00581. The number of fused-ring (bicyclic) bond motifs is 1. The van der Waals surface area contributed by atoms with Gasteiger partial charge in [0.2, 0.25) is 10.0 Å². The maximum absolute atomic E-state index is 12.5. The van der Waals surface area contributed by atoms with Gasteiger partial charge in [-0.1, -0.05) is 0 Å². The van der Waals surface area contributed by atoms with E-state index in [1.54, 1.807) is 36.4 Å². The Kier molecular flexibility index (Phi) is 7.19. The van der Waals surface area contributed by atoms with E-state index in [9.17, 15) is 18.0 Å². The van der Waals surface area contributed by atoms with Crippen LogP contribution in [0.1, 0.15) is 27.9 Å². The highest BCUT2D eigenvalue weighted by Gasteiger charge is 2.24. The third-order valence-electron chi connectivity index (χ3n) is 5.06. The molecule has 170 valence electrons. The van der Waals surface area contributed by atoms with E-state index >= 15 is 0 Å². The number of nitrogens with zero attached hydrogens (tertiary/aromatic N) is 1. The van der Waals surface area contributed by atoms with Crippen LogP contribution in [0.2, 0.25) is 0 Å². The smallest absolute Gasteiger partial charge is 0.331 e. The van der Waals surface area contributed by atoms with Gasteiger partial charge in [0.1, 0.15) is 11.5 Å². The molecule has 2 aromatic carbocycles. The SMILES string of the molecule is COc1ccc(OC)c(/C=C/C(=O)OCC(=O)c2ccc3c(c2)CCCN3S(C)(=O)=O)c1. The maximum atomic E-state index is 12.5. The molecule has 8 nitrogen and oxygen atoms in total. The Morgan fingerprint density at radius 2 is 1.88 bits per heavy atom. The highest BCUT2D eigenvalue weighted by molar-refractivity contribution is 7.92. The summed E-state index contributed by atoms with van der Waals surface area (Å²) in [4.78, 5) is 24.6. The van der Waals surface area contributed by atoms with Crippen LogP contribution in [0.25, 0.3) is 6.08 Å². The first-order valence-electron chi connectivity index (χ1n) is 9.93. The zero-order valence-corrected chi connectivity index (χ0v) is 19.0. The van der Waals surface area contributed by atoms with Crippen molar-refractivity contribution in [2.45, 2.75) is 12.8 Å². The molecule has 2 aromatic rings. The van der Waals surface area contributed by atoms with Gasteiger partial charge in [0.05, 0.1) is 26.2 Å². The number of sulfonamides is 1. The molecule has 1 aliphatic heterocycles. The summed E-state index contributed by atoms with van der Waals surface area (Å²) in [5.74, 6) is 0.119. The van der Waals surface area contributed by atoms with Crippen molar-refractivity contribution < 1.29 is 32.2 Å². The van der Waals surface area contributed by atoms with Gasteiger partial charge in [0, 0.05) is 23.7 Å². The minimum atomic E-state index is -3.38. The number of ketones is 1. The van der Waals surface area contributed by atoms with Crippen molar-refractivity contribution in [2.24, 2.45) is 0 Å². The number of aryl methyl sites for hydroxylation is 1. The van der Waals surface area contributed by atoms with Crippen LogP contribution in [-0.4, -0.2) is 53.8 Å². The largest absolute Gasteiger partial charge is 0.497 e. The fourth-order valence-corrected chi connectivity index (χ4v) is 4.47. The van der Waals surface area contributed by atoms with Crippen LogP contribution in [0.4, 0.5) is 5.69 Å². The minimum absolute atomic E-state index is 0.366. The van der Waals surface area contributed by atoms with Crippen LogP contribution >= 0.6 is 0 Å². The number of hydrogen-bond donors (Lipinski definition) is 0. The summed E-state index contributed by atoms with van der Waals surface area (Å²) < 4.78 is 40.8. The second kappa shape index (κ2) is 9.86. The molecular weight excluding hydrogens is 434 g/mol. The number of methoxy groups -OCH3 is 2. The van der Waals surface area contributed by atoms with Crippen molar-refractivity contribution in [3.63, 3.8) is 0 Å². The first-order valence-corrected chi connectivity index (χ1v) is 11.8. The lowest BCUT2D eigenvalue weighted by Gasteiger charge is -2.29. The van der Waals surface area contributed by atoms with E-state index in [0.29, 0.717) is 47.7 Å². The summed E-state index contributed by atoms with van der Waals surface area (Å²) in [6.07, 6.45) is 5.24. The molecular formula is C23H25NO7S. The van der Waals surface area contributed by atoms with Crippen molar-refractivity contribution in [1.82, 2.24) is 0 Å². The van der Waals surface area contributed by atoms with E-state index in [1.165, 1.54) is 30.7 Å². The zero-order chi connectivity index (χ0) is 23.3. The fourth-order valence-electron chi connectivity index (χ4n) is 3.48. The summed E-state index contributed by atoms with van der Waals surface area (Å²) in [5.41, 5.74) is 2.36. The molecule has 0 unspecified atom stereocenters. The topological polar surface area (TPSA) is 99.2 Å². The fraction of sp³-hybridized carbons (Fsp3) is 0.304. The zero-order valence-electron chi connectivity index (χ0n) is 18.2. The van der Waals surface area contributed by atoms with Crippen LogP contribution in [0, 0.1) is 0 Å². The predicted octanol–water partition coefficient (Wildman–Crippen LogP) is 2.86. The van der Waals surface area contributed by atoms with Gasteiger partial charge in [-0.3, -0.25) is 9.10 Å². The molecule has 0 fully saturated rings. The number of carbonyl (C=O) groups excluding carboxylic acids is 2. The van der Waals surface area contributed by atoms with Gasteiger partial charge in [0.25, 0.3) is 0 Å². The Balaban J connectivity index is 1.65. The van der Waals surface area contributed by atoms with Crippen LogP contribution in [0.5, 0.6) is 11.5 Å². The Bertz CT molecular complexity index is 1150. The third kappa shape index (κ3) is 5.47. The standard InChI is InChI=1S/C23H25NO7S/c1-29-19-8-10-22(30-2)18(14-19)7-11-23(26)31-15-21(25)17-6-9-20-16(13-17)5-4-12-24(20)32(3,27)28/h6-11,13-14H,4-5,12,15H2,1-3H3/b11-7+. The minimum Gasteiger partial charge on any atom is -0.497 e. The molecule has 32 heavy (non-hydrogen) atoms. The maximum Gasteiger partial charge on any atom is 0.331 e. The van der Waals surface area contributed by atoms with E-state index < -0.39 is 22.6 Å². The van der Waals surface area contributed by atoms with E-state index in [0.717, 1.165) is 11.8 Å². The second-order valence-corrected chi connectivity index (χ2v) is 9.16. The Morgan fingerprint density at radius 3 is 2.56 bits per heavy atom. The molecule has 1 aliphatic rings. The summed E-state index contributed by atoms with van der Waals surface area (Å²) in [7, 11) is -0.324. The van der Waals surface area contributed by atoms with E-state index in [1.807, 2.05) is 0 Å². The van der Waals surface area contributed by atoms with Crippen LogP contribution in [-0.2, 0) is 26.0 Å². The highest BCUT2D eigenvalue weighted by atomic mass is 32.2. The van der Waals surface area contributed by atoms with E-state index in [4.69, 9.17) is 14.2 Å². The first kappa shape index (κ1) is 23.3. The Morgan fingerprint density at radius 1 is 1.09 bits per heavy atom. The van der Waals surface area contributed by atoms with Gasteiger partial charge in [-0.05, 0) is 60.9 Å². The summed E-state index contributed by atoms with van der Waals surface area (Å²) in [5, 5.41) is 0. The normalized spacial score (nSPS) is 13.5. The second-order valence-electron chi connectivity index (χ2n) is 7.25. The first-order chi connectivity index (χ1) is 15.2. The molecule has 0 N–H and O–H groups in total. The van der Waals surface area contributed by atoms with Crippen molar-refractivity contribution in [3.8, 4) is 11.5 Å². The van der Waals surface area contributed by atoms with Gasteiger partial charge in [-0.25, -0.2) is 13.2 Å². The summed E-state index contributed by atoms with van der Waals surface area (Å²) in [6, 6.07) is 10.0. The molecule has 0 aliphatic carbocycles. The third-order valence-corrected chi connectivity index (χ3v) is 6.24. The number of rotatable bonds is 8. The van der Waals surface area contributed by atoms with E-state index in [-0.39, 0.29) is 5.78 Å². The average Bonchev–Trinajstić information content (AvgIpc) is 2.79. The number of ether oxygens (including phenoxy) is 3. The average molecular weight is 460 g/mol. The number of Topliss-reactive ketones (excluding diaryl/α,β-unsaturated/α-hetero) is 1. The highest BCUT2D eigenvalue weighted by Crippen LogP contribution is 2.30. The van der Waals surface area contributed by atoms with Crippen LogP contribution in [0.3, 0.4) is 0 Å². The number of anilines is 1. The van der Waals surface area contributed by atoms with Crippen molar-refractivity contribution in [3.05, 3.63) is 59.2 Å². The monoisotopic (exact) mass is 459 g/mol. The number of benzene rings is 2. The number of esters is 1. The molecule has 9 heteroatoms. The van der Waals surface area contributed by atoms with Crippen molar-refractivity contribution >= 4 is 33.5 Å². The molecule has 3 rings (SSSR count). The lowest BCUT2D eigenvalue weighted by Crippen LogP contribution is -2.34. The van der Waals surface area contributed by atoms with Gasteiger partial charge >= 0.3 is 5.97 Å². The molecule has 0 aromatic heterocycles. The van der Waals surface area contributed by atoms with Gasteiger partial charge in [-0.15, -0.1) is 0 Å². The summed E-state index contributed by atoms with van der Waals surface area (Å²) >= 11 is 0.